The minimum Gasteiger partial charge on any atom is -0.547 e. The lowest BCUT2D eigenvalue weighted by Crippen LogP contribution is -2.44. The van der Waals surface area contributed by atoms with Gasteiger partial charge in [-0.25, -0.2) is 0 Å². The van der Waals surface area contributed by atoms with Crippen molar-refractivity contribution in [3.05, 3.63) is 11.8 Å². The lowest BCUT2D eigenvalue weighted by atomic mass is 9.67. The fourth-order valence-corrected chi connectivity index (χ4v) is 4.68. The number of hydrogen-bond donors (Lipinski definition) is 0. The number of carbonyl (C=O) groups is 1. The molecule has 0 aromatic heterocycles. The summed E-state index contributed by atoms with van der Waals surface area (Å²) < 4.78 is 11.7. The lowest BCUT2D eigenvalue weighted by molar-refractivity contribution is -0.149. The largest absolute Gasteiger partial charge is 0.547 e. The van der Waals surface area contributed by atoms with Crippen LogP contribution in [0.2, 0.25) is 18.1 Å². The van der Waals surface area contributed by atoms with Gasteiger partial charge in [0.2, 0.25) is 8.32 Å². The molecule has 1 fully saturated rings. The summed E-state index contributed by atoms with van der Waals surface area (Å²) in [5, 5.41) is 0.206. The molecule has 2 aliphatic carbocycles. The van der Waals surface area contributed by atoms with Gasteiger partial charge in [0.1, 0.15) is 0 Å². The normalized spacial score (nSPS) is 29.4. The Labute approximate surface area is 136 Å². The van der Waals surface area contributed by atoms with E-state index in [4.69, 9.17) is 9.16 Å². The van der Waals surface area contributed by atoms with Crippen LogP contribution in [0.5, 0.6) is 0 Å². The van der Waals surface area contributed by atoms with Gasteiger partial charge in [-0.05, 0) is 49.4 Å². The van der Waals surface area contributed by atoms with Crippen molar-refractivity contribution in [2.45, 2.75) is 71.0 Å². The van der Waals surface area contributed by atoms with E-state index in [1.54, 1.807) is 0 Å². The van der Waals surface area contributed by atoms with Gasteiger partial charge >= 0.3 is 5.97 Å². The van der Waals surface area contributed by atoms with Crippen molar-refractivity contribution in [1.29, 1.82) is 0 Å². The molecule has 0 amide bonds. The van der Waals surface area contributed by atoms with Crippen LogP contribution in [-0.2, 0) is 14.0 Å². The molecule has 0 spiro atoms. The average molecular weight is 325 g/mol. The van der Waals surface area contributed by atoms with Gasteiger partial charge in [0.25, 0.3) is 0 Å². The van der Waals surface area contributed by atoms with Crippen LogP contribution in [0.25, 0.3) is 0 Å². The van der Waals surface area contributed by atoms with E-state index in [1.165, 1.54) is 25.7 Å². The van der Waals surface area contributed by atoms with Gasteiger partial charge in [-0.2, -0.15) is 0 Å². The molecule has 0 aliphatic heterocycles. The molecule has 0 saturated heterocycles. The number of hydrogen-bond acceptors (Lipinski definition) is 3. The van der Waals surface area contributed by atoms with Gasteiger partial charge in [0.15, 0.2) is 0 Å². The van der Waals surface area contributed by atoms with Crippen molar-refractivity contribution >= 4 is 14.3 Å². The number of methoxy groups -OCH3 is 1. The molecular weight excluding hydrogens is 292 g/mol. The van der Waals surface area contributed by atoms with Gasteiger partial charge in [-0.3, -0.25) is 4.79 Å². The van der Waals surface area contributed by atoms with Crippen LogP contribution in [0.3, 0.4) is 0 Å². The van der Waals surface area contributed by atoms with Crippen molar-refractivity contribution in [3.8, 4) is 0 Å². The second-order valence-corrected chi connectivity index (χ2v) is 13.1. The van der Waals surface area contributed by atoms with E-state index >= 15 is 0 Å². The second kappa shape index (κ2) is 6.38. The van der Waals surface area contributed by atoms with Gasteiger partial charge < -0.3 is 9.16 Å². The third kappa shape index (κ3) is 3.42. The van der Waals surface area contributed by atoms with Crippen molar-refractivity contribution < 1.29 is 14.0 Å². The van der Waals surface area contributed by atoms with Crippen LogP contribution >= 0.6 is 0 Å². The van der Waals surface area contributed by atoms with Crippen molar-refractivity contribution in [3.63, 3.8) is 0 Å². The Morgan fingerprint density at radius 1 is 1.23 bits per heavy atom. The molecule has 3 atom stereocenters. The Kier molecular flexibility index (Phi) is 5.10. The minimum absolute atomic E-state index is 0.0297. The molecule has 0 heterocycles. The predicted molar refractivity (Wildman–Crippen MR) is 91.9 cm³/mol. The number of allylic oxidation sites excluding steroid dienone is 2. The molecule has 0 unspecified atom stereocenters. The highest BCUT2D eigenvalue weighted by atomic mass is 28.4. The van der Waals surface area contributed by atoms with E-state index in [0.717, 1.165) is 19.3 Å². The molecule has 2 rings (SSSR count). The maximum absolute atomic E-state index is 12.1. The fourth-order valence-electron chi connectivity index (χ4n) is 3.55. The number of esters is 1. The quantitative estimate of drug-likeness (QED) is 0.547. The summed E-state index contributed by atoms with van der Waals surface area (Å²) in [7, 11) is -0.305. The van der Waals surface area contributed by atoms with E-state index < -0.39 is 8.32 Å². The molecule has 0 N–H and O–H groups in total. The van der Waals surface area contributed by atoms with E-state index in [0.29, 0.717) is 11.8 Å². The third-order valence-corrected chi connectivity index (χ3v) is 10.3. The standard InChI is InChI=1S/C18H32O3Si/c1-18(2,3)22(5,6)21-16-12-11-15(17(19)20-4)13-9-7-8-10-14(13)16/h12-15H,7-11H2,1-6H3/t13-,14-,15-/m0/s1. The first-order chi connectivity index (χ1) is 10.2. The molecule has 0 aromatic carbocycles. The van der Waals surface area contributed by atoms with Gasteiger partial charge in [0, 0.05) is 5.92 Å². The first kappa shape index (κ1) is 17.6. The summed E-state index contributed by atoms with van der Waals surface area (Å²) in [6.45, 7) is 11.4. The summed E-state index contributed by atoms with van der Waals surface area (Å²) in [4.78, 5) is 12.1. The van der Waals surface area contributed by atoms with Crippen molar-refractivity contribution in [2.75, 3.05) is 7.11 Å². The zero-order valence-electron chi connectivity index (χ0n) is 15.1. The first-order valence-corrected chi connectivity index (χ1v) is 11.5. The van der Waals surface area contributed by atoms with Crippen LogP contribution in [0, 0.1) is 17.8 Å². The molecule has 0 aromatic rings. The number of carbonyl (C=O) groups excluding carboxylic acids is 1. The van der Waals surface area contributed by atoms with E-state index in [-0.39, 0.29) is 16.9 Å². The summed E-state index contributed by atoms with van der Waals surface area (Å²) in [5.41, 5.74) is 0. The number of fused-ring (bicyclic) bond motifs is 1. The zero-order valence-corrected chi connectivity index (χ0v) is 16.1. The van der Waals surface area contributed by atoms with Crippen LogP contribution < -0.4 is 0 Å². The summed E-state index contributed by atoms with van der Waals surface area (Å²) in [6, 6.07) is 0. The average Bonchev–Trinajstić information content (AvgIpc) is 2.45. The molecule has 4 heteroatoms. The predicted octanol–water partition coefficient (Wildman–Crippen LogP) is 4.89. The Bertz CT molecular complexity index is 448. The minimum atomic E-state index is -1.81. The number of ether oxygens (including phenoxy) is 1. The Balaban J connectivity index is 2.22. The summed E-state index contributed by atoms with van der Waals surface area (Å²) >= 11 is 0. The lowest BCUT2D eigenvalue weighted by Gasteiger charge is -2.45. The molecule has 3 nitrogen and oxygen atoms in total. The Morgan fingerprint density at radius 2 is 1.86 bits per heavy atom. The topological polar surface area (TPSA) is 35.5 Å². The maximum Gasteiger partial charge on any atom is 0.309 e. The monoisotopic (exact) mass is 324 g/mol. The zero-order chi connectivity index (χ0) is 16.5. The summed E-state index contributed by atoms with van der Waals surface area (Å²) in [5.74, 6) is 1.99. The highest BCUT2D eigenvalue weighted by Crippen LogP contribution is 2.47. The Hall–Kier alpha value is -0.773. The van der Waals surface area contributed by atoms with Crippen LogP contribution in [0.4, 0.5) is 0 Å². The molecular formula is C18H32O3Si. The molecule has 0 bridgehead atoms. The van der Waals surface area contributed by atoms with E-state index in [2.05, 4.69) is 39.9 Å². The SMILES string of the molecule is COC(=O)[C@H]1CC=C(O[Si](C)(C)C(C)(C)C)[C@H]2CCCC[C@H]12. The number of rotatable bonds is 3. The van der Waals surface area contributed by atoms with Gasteiger partial charge in [0.05, 0.1) is 18.8 Å². The smallest absolute Gasteiger partial charge is 0.309 e. The Morgan fingerprint density at radius 3 is 2.45 bits per heavy atom. The summed E-state index contributed by atoms with van der Waals surface area (Å²) in [6.07, 6.45) is 7.71. The van der Waals surface area contributed by atoms with Crippen LogP contribution in [-0.4, -0.2) is 21.4 Å². The molecule has 0 radical (unpaired) electrons. The van der Waals surface area contributed by atoms with Crippen LogP contribution in [0.1, 0.15) is 52.9 Å². The second-order valence-electron chi connectivity index (χ2n) is 8.39. The van der Waals surface area contributed by atoms with Crippen molar-refractivity contribution in [2.24, 2.45) is 17.8 Å². The highest BCUT2D eigenvalue weighted by Gasteiger charge is 2.45. The molecule has 2 aliphatic rings. The van der Waals surface area contributed by atoms with E-state index in [9.17, 15) is 4.79 Å². The van der Waals surface area contributed by atoms with Gasteiger partial charge in [-0.15, -0.1) is 0 Å². The molecule has 1 saturated carbocycles. The highest BCUT2D eigenvalue weighted by molar-refractivity contribution is 6.74. The first-order valence-electron chi connectivity index (χ1n) is 8.64. The van der Waals surface area contributed by atoms with E-state index in [1.807, 2.05) is 0 Å². The molecule has 126 valence electrons. The maximum atomic E-state index is 12.1. The molecule has 22 heavy (non-hydrogen) atoms. The van der Waals surface area contributed by atoms with Crippen molar-refractivity contribution in [1.82, 2.24) is 0 Å². The third-order valence-electron chi connectivity index (χ3n) is 5.96. The van der Waals surface area contributed by atoms with Gasteiger partial charge in [-0.1, -0.05) is 33.6 Å². The fraction of sp³-hybridized carbons (Fsp3) is 0.833. The van der Waals surface area contributed by atoms with Crippen LogP contribution in [0.15, 0.2) is 11.8 Å².